The molecule has 1 saturated heterocycles. The molecule has 136 valence electrons. The number of amides is 3. The second-order valence-corrected chi connectivity index (χ2v) is 6.68. The monoisotopic (exact) mass is 365 g/mol. The Hall–Kier alpha value is -2.22. The molecule has 2 N–H and O–H groups in total. The number of anilines is 1. The number of piperidine rings is 1. The summed E-state index contributed by atoms with van der Waals surface area (Å²) in [5, 5.41) is 5.27. The Labute approximate surface area is 151 Å². The third-order valence-electron chi connectivity index (χ3n) is 4.13. The summed E-state index contributed by atoms with van der Waals surface area (Å²) in [5.74, 6) is -1.08. The molecule has 0 radical (unpaired) electrons. The maximum atomic E-state index is 12.0. The predicted molar refractivity (Wildman–Crippen MR) is 96.6 cm³/mol. The molecule has 1 fully saturated rings. The number of thioether (sulfide) groups is 1. The average molecular weight is 365 g/mol. The Balaban J connectivity index is 1.74. The van der Waals surface area contributed by atoms with Crippen molar-refractivity contribution in [3.05, 3.63) is 24.3 Å². The van der Waals surface area contributed by atoms with E-state index in [0.717, 1.165) is 17.7 Å². The zero-order valence-corrected chi connectivity index (χ0v) is 15.2. The van der Waals surface area contributed by atoms with Crippen LogP contribution in [0.15, 0.2) is 29.2 Å². The Kier molecular flexibility index (Phi) is 7.12. The van der Waals surface area contributed by atoms with Crippen molar-refractivity contribution in [2.24, 2.45) is 5.92 Å². The molecule has 7 nitrogen and oxygen atoms in total. The van der Waals surface area contributed by atoms with E-state index in [4.69, 9.17) is 4.74 Å². The van der Waals surface area contributed by atoms with E-state index in [1.54, 1.807) is 22.7 Å². The summed E-state index contributed by atoms with van der Waals surface area (Å²) >= 11 is 1.56. The van der Waals surface area contributed by atoms with Crippen LogP contribution in [0.1, 0.15) is 12.8 Å². The number of carbonyl (C=O) groups excluding carboxylic acids is 3. The molecule has 0 bridgehead atoms. The van der Waals surface area contributed by atoms with Gasteiger partial charge in [-0.1, -0.05) is 6.07 Å². The van der Waals surface area contributed by atoms with Gasteiger partial charge in [-0.05, 0) is 43.2 Å². The minimum atomic E-state index is -0.676. The van der Waals surface area contributed by atoms with Gasteiger partial charge in [-0.15, -0.1) is 11.8 Å². The van der Waals surface area contributed by atoms with Gasteiger partial charge < -0.3 is 20.3 Å². The Morgan fingerprint density at radius 2 is 1.96 bits per heavy atom. The molecule has 0 unspecified atom stereocenters. The van der Waals surface area contributed by atoms with Crippen LogP contribution in [0, 0.1) is 5.92 Å². The maximum Gasteiger partial charge on any atom is 0.409 e. The van der Waals surface area contributed by atoms with Crippen LogP contribution in [-0.4, -0.2) is 55.8 Å². The first-order chi connectivity index (χ1) is 12.0. The second kappa shape index (κ2) is 9.31. The van der Waals surface area contributed by atoms with E-state index in [0.29, 0.717) is 25.3 Å². The van der Waals surface area contributed by atoms with E-state index < -0.39 is 11.8 Å². The molecule has 0 aliphatic carbocycles. The lowest BCUT2D eigenvalue weighted by molar-refractivity contribution is -0.136. The summed E-state index contributed by atoms with van der Waals surface area (Å²) in [6.45, 7) is 1.62. The van der Waals surface area contributed by atoms with Gasteiger partial charge in [-0.2, -0.15) is 0 Å². The van der Waals surface area contributed by atoms with Crippen molar-refractivity contribution in [1.29, 1.82) is 0 Å². The standard InChI is InChI=1S/C17H23N3O4S/c1-24-17(23)20-8-6-12(7-9-20)11-18-15(21)16(22)19-13-4-3-5-14(10-13)25-2/h3-5,10,12H,6-9,11H2,1-2H3,(H,18,21)(H,19,22). The van der Waals surface area contributed by atoms with Crippen LogP contribution in [-0.2, 0) is 14.3 Å². The molecule has 2 rings (SSSR count). The van der Waals surface area contributed by atoms with Crippen LogP contribution >= 0.6 is 11.8 Å². The summed E-state index contributed by atoms with van der Waals surface area (Å²) in [6, 6.07) is 7.32. The van der Waals surface area contributed by atoms with Crippen molar-refractivity contribution in [1.82, 2.24) is 10.2 Å². The molecule has 1 aliphatic rings. The van der Waals surface area contributed by atoms with Gasteiger partial charge in [0, 0.05) is 30.2 Å². The van der Waals surface area contributed by atoms with Crippen LogP contribution in [0.3, 0.4) is 0 Å². The first-order valence-corrected chi connectivity index (χ1v) is 9.32. The largest absolute Gasteiger partial charge is 0.453 e. The highest BCUT2D eigenvalue weighted by Crippen LogP contribution is 2.19. The predicted octanol–water partition coefficient (Wildman–Crippen LogP) is 1.94. The summed E-state index contributed by atoms with van der Waals surface area (Å²) in [6.07, 6.45) is 3.16. The number of likely N-dealkylation sites (tertiary alicyclic amines) is 1. The van der Waals surface area contributed by atoms with Gasteiger partial charge in [0.2, 0.25) is 0 Å². The number of hydrogen-bond acceptors (Lipinski definition) is 5. The van der Waals surface area contributed by atoms with Crippen molar-refractivity contribution in [2.45, 2.75) is 17.7 Å². The van der Waals surface area contributed by atoms with Crippen LogP contribution in [0.2, 0.25) is 0 Å². The van der Waals surface area contributed by atoms with E-state index >= 15 is 0 Å². The molecule has 0 aromatic heterocycles. The zero-order valence-electron chi connectivity index (χ0n) is 14.4. The van der Waals surface area contributed by atoms with E-state index in [2.05, 4.69) is 10.6 Å². The van der Waals surface area contributed by atoms with Gasteiger partial charge in [0.05, 0.1) is 7.11 Å². The fourth-order valence-corrected chi connectivity index (χ4v) is 3.11. The van der Waals surface area contributed by atoms with Gasteiger partial charge in [-0.25, -0.2) is 4.79 Å². The highest BCUT2D eigenvalue weighted by molar-refractivity contribution is 7.98. The fraction of sp³-hybridized carbons (Fsp3) is 0.471. The molecule has 1 aliphatic heterocycles. The fourth-order valence-electron chi connectivity index (χ4n) is 2.65. The molecule has 0 atom stereocenters. The summed E-state index contributed by atoms with van der Waals surface area (Å²) in [5.41, 5.74) is 0.596. The lowest BCUT2D eigenvalue weighted by atomic mass is 9.97. The first kappa shape index (κ1) is 19.1. The number of carbonyl (C=O) groups is 3. The maximum absolute atomic E-state index is 12.0. The van der Waals surface area contributed by atoms with Gasteiger partial charge in [0.25, 0.3) is 0 Å². The van der Waals surface area contributed by atoms with Crippen LogP contribution < -0.4 is 10.6 Å². The molecule has 25 heavy (non-hydrogen) atoms. The van der Waals surface area contributed by atoms with Crippen LogP contribution in [0.25, 0.3) is 0 Å². The number of nitrogens with one attached hydrogen (secondary N) is 2. The lowest BCUT2D eigenvalue weighted by Gasteiger charge is -2.30. The van der Waals surface area contributed by atoms with Gasteiger partial charge >= 0.3 is 17.9 Å². The Bertz CT molecular complexity index is 630. The normalized spacial score (nSPS) is 14.7. The summed E-state index contributed by atoms with van der Waals surface area (Å²) in [7, 11) is 1.36. The minimum absolute atomic E-state index is 0.248. The molecule has 1 heterocycles. The number of methoxy groups -OCH3 is 1. The van der Waals surface area contributed by atoms with Crippen LogP contribution in [0.4, 0.5) is 10.5 Å². The summed E-state index contributed by atoms with van der Waals surface area (Å²) in [4.78, 5) is 38.0. The smallest absolute Gasteiger partial charge is 0.409 e. The molecule has 1 aromatic carbocycles. The van der Waals surface area contributed by atoms with Crippen molar-refractivity contribution < 1.29 is 19.1 Å². The van der Waals surface area contributed by atoms with Gasteiger partial charge in [0.1, 0.15) is 0 Å². The van der Waals surface area contributed by atoms with Crippen molar-refractivity contribution in [2.75, 3.05) is 38.3 Å². The highest BCUT2D eigenvalue weighted by Gasteiger charge is 2.24. The third kappa shape index (κ3) is 5.67. The average Bonchev–Trinajstić information content (AvgIpc) is 2.65. The molecule has 8 heteroatoms. The van der Waals surface area contributed by atoms with Gasteiger partial charge in [-0.3, -0.25) is 9.59 Å². The van der Waals surface area contributed by atoms with Gasteiger partial charge in [0.15, 0.2) is 0 Å². The molecular formula is C17H23N3O4S. The number of nitrogens with zero attached hydrogens (tertiary/aromatic N) is 1. The number of hydrogen-bond donors (Lipinski definition) is 2. The number of rotatable bonds is 4. The molecule has 0 spiro atoms. The zero-order chi connectivity index (χ0) is 18.2. The molecule has 3 amide bonds. The first-order valence-electron chi connectivity index (χ1n) is 8.09. The van der Waals surface area contributed by atoms with E-state index in [1.165, 1.54) is 7.11 Å². The van der Waals surface area contributed by atoms with E-state index in [1.807, 2.05) is 24.5 Å². The van der Waals surface area contributed by atoms with Crippen molar-refractivity contribution in [3.63, 3.8) is 0 Å². The third-order valence-corrected chi connectivity index (χ3v) is 4.86. The van der Waals surface area contributed by atoms with E-state index in [-0.39, 0.29) is 12.0 Å². The number of ether oxygens (including phenoxy) is 1. The second-order valence-electron chi connectivity index (χ2n) is 5.80. The molecule has 0 saturated carbocycles. The van der Waals surface area contributed by atoms with Crippen LogP contribution in [0.5, 0.6) is 0 Å². The Morgan fingerprint density at radius 3 is 2.60 bits per heavy atom. The van der Waals surface area contributed by atoms with Crippen molar-refractivity contribution in [3.8, 4) is 0 Å². The minimum Gasteiger partial charge on any atom is -0.453 e. The van der Waals surface area contributed by atoms with Crippen molar-refractivity contribution >= 4 is 35.4 Å². The Morgan fingerprint density at radius 1 is 1.24 bits per heavy atom. The SMILES string of the molecule is COC(=O)N1CCC(CNC(=O)C(=O)Nc2cccc(SC)c2)CC1. The summed E-state index contributed by atoms with van der Waals surface area (Å²) < 4.78 is 4.69. The molecular weight excluding hydrogens is 342 g/mol. The topological polar surface area (TPSA) is 87.7 Å². The van der Waals surface area contributed by atoms with E-state index in [9.17, 15) is 14.4 Å². The lowest BCUT2D eigenvalue weighted by Crippen LogP contribution is -2.43. The quantitative estimate of drug-likeness (QED) is 0.629. The number of benzene rings is 1. The highest BCUT2D eigenvalue weighted by atomic mass is 32.2. The molecule has 1 aromatic rings.